The molecule has 3 aromatic carbocycles. The largest absolute Gasteiger partial charge is 0.493 e. The van der Waals surface area contributed by atoms with E-state index in [1.54, 1.807) is 42.3 Å². The number of nitrogens with zero attached hydrogens (tertiary/aromatic N) is 1. The van der Waals surface area contributed by atoms with Crippen molar-refractivity contribution in [3.8, 4) is 16.9 Å². The van der Waals surface area contributed by atoms with E-state index < -0.39 is 5.91 Å². The first-order chi connectivity index (χ1) is 20.0. The molecule has 0 bridgehead atoms. The Morgan fingerprint density at radius 1 is 1.02 bits per heavy atom. The number of ether oxygens (including phenoxy) is 1. The number of carbonyl (C=O) groups excluding carboxylic acids is 3. The fourth-order valence-corrected chi connectivity index (χ4v) is 4.76. The Morgan fingerprint density at radius 2 is 1.81 bits per heavy atom. The first-order valence-corrected chi connectivity index (χ1v) is 14.1. The van der Waals surface area contributed by atoms with Gasteiger partial charge in [-0.3, -0.25) is 19.8 Å². The Bertz CT molecular complexity index is 1510. The van der Waals surface area contributed by atoms with Crippen LogP contribution < -0.4 is 25.6 Å². The van der Waals surface area contributed by atoms with Gasteiger partial charge in [0, 0.05) is 66.9 Å². The maximum atomic E-state index is 13.2. The van der Waals surface area contributed by atoms with E-state index in [4.69, 9.17) is 10.1 Å². The number of rotatable bonds is 10. The molecule has 3 aromatic rings. The van der Waals surface area contributed by atoms with Crippen LogP contribution in [-0.2, 0) is 9.59 Å². The van der Waals surface area contributed by atoms with Gasteiger partial charge in [-0.05, 0) is 66.3 Å². The number of carbonyl (C=O) groups is 3. The molecule has 1 saturated heterocycles. The average Bonchev–Trinajstić information content (AvgIpc) is 3.41. The van der Waals surface area contributed by atoms with E-state index in [0.717, 1.165) is 29.7 Å². The third-order valence-electron chi connectivity index (χ3n) is 7.17. The minimum absolute atomic E-state index is 0.0899. The smallest absolute Gasteiger partial charge is 0.274 e. The number of nitrogens with one attached hydrogen (secondary N) is 4. The third-order valence-corrected chi connectivity index (χ3v) is 7.17. The van der Waals surface area contributed by atoms with Gasteiger partial charge in [0.1, 0.15) is 11.5 Å². The molecule has 3 amide bonds. The van der Waals surface area contributed by atoms with Crippen LogP contribution in [0, 0.1) is 10.8 Å². The second kappa shape index (κ2) is 12.9. The summed E-state index contributed by atoms with van der Waals surface area (Å²) in [7, 11) is 3.27. The molecule has 1 aliphatic rings. The zero-order valence-corrected chi connectivity index (χ0v) is 24.9. The van der Waals surface area contributed by atoms with Crippen molar-refractivity contribution in [1.29, 1.82) is 5.41 Å². The lowest BCUT2D eigenvalue weighted by Crippen LogP contribution is -2.24. The molecule has 0 saturated carbocycles. The SMILES string of the molecule is CNC(=O)c1cccc(NC(=O)C(=N)c2cc(-c3ccc(N4CCCC4=O)cc3OCCC(C)(C)C)ccc2NC)c1. The van der Waals surface area contributed by atoms with E-state index >= 15 is 0 Å². The molecule has 4 rings (SSSR count). The first-order valence-electron chi connectivity index (χ1n) is 14.1. The number of benzene rings is 3. The van der Waals surface area contributed by atoms with Gasteiger partial charge in [-0.2, -0.15) is 0 Å². The zero-order chi connectivity index (χ0) is 30.4. The van der Waals surface area contributed by atoms with Crippen molar-refractivity contribution in [2.45, 2.75) is 40.0 Å². The van der Waals surface area contributed by atoms with Gasteiger partial charge in [0.2, 0.25) is 5.91 Å². The van der Waals surface area contributed by atoms with Gasteiger partial charge in [0.15, 0.2) is 0 Å². The van der Waals surface area contributed by atoms with Gasteiger partial charge in [0.25, 0.3) is 11.8 Å². The summed E-state index contributed by atoms with van der Waals surface area (Å²) in [5.74, 6) is -0.139. The van der Waals surface area contributed by atoms with Crippen molar-refractivity contribution >= 4 is 40.5 Å². The molecule has 220 valence electrons. The normalized spacial score (nSPS) is 13.1. The fraction of sp³-hybridized carbons (Fsp3) is 0.333. The molecule has 0 spiro atoms. The summed E-state index contributed by atoms with van der Waals surface area (Å²) in [6.45, 7) is 7.65. The molecule has 0 atom stereocenters. The lowest BCUT2D eigenvalue weighted by atomic mass is 9.93. The second-order valence-corrected chi connectivity index (χ2v) is 11.5. The van der Waals surface area contributed by atoms with E-state index in [9.17, 15) is 14.4 Å². The van der Waals surface area contributed by atoms with Crippen molar-refractivity contribution in [1.82, 2.24) is 5.32 Å². The van der Waals surface area contributed by atoms with E-state index in [0.29, 0.717) is 47.8 Å². The van der Waals surface area contributed by atoms with Crippen LogP contribution in [0.25, 0.3) is 11.1 Å². The molecule has 0 aliphatic carbocycles. The molecule has 9 nitrogen and oxygen atoms in total. The lowest BCUT2D eigenvalue weighted by Gasteiger charge is -2.22. The summed E-state index contributed by atoms with van der Waals surface area (Å²) >= 11 is 0. The van der Waals surface area contributed by atoms with Crippen molar-refractivity contribution in [2.24, 2.45) is 5.41 Å². The topological polar surface area (TPSA) is 124 Å². The molecule has 1 heterocycles. The molecule has 0 radical (unpaired) electrons. The summed E-state index contributed by atoms with van der Waals surface area (Å²) in [6.07, 6.45) is 2.21. The minimum atomic E-state index is -0.609. The monoisotopic (exact) mass is 569 g/mol. The zero-order valence-electron chi connectivity index (χ0n) is 24.9. The summed E-state index contributed by atoms with van der Waals surface area (Å²) in [5, 5.41) is 17.1. The maximum Gasteiger partial charge on any atom is 0.274 e. The Kier molecular flexibility index (Phi) is 9.30. The Balaban J connectivity index is 1.66. The molecule has 9 heteroatoms. The molecule has 4 N–H and O–H groups in total. The summed E-state index contributed by atoms with van der Waals surface area (Å²) in [5.41, 5.74) is 4.07. The highest BCUT2D eigenvalue weighted by Crippen LogP contribution is 2.37. The van der Waals surface area contributed by atoms with Gasteiger partial charge in [0.05, 0.1) is 6.61 Å². The van der Waals surface area contributed by atoms with Gasteiger partial charge >= 0.3 is 0 Å². The second-order valence-electron chi connectivity index (χ2n) is 11.5. The van der Waals surface area contributed by atoms with Crippen LogP contribution in [0.3, 0.4) is 0 Å². The highest BCUT2D eigenvalue weighted by atomic mass is 16.5. The van der Waals surface area contributed by atoms with Gasteiger partial charge in [-0.15, -0.1) is 0 Å². The van der Waals surface area contributed by atoms with Crippen molar-refractivity contribution in [3.05, 3.63) is 71.8 Å². The van der Waals surface area contributed by atoms with Crippen LogP contribution in [0.1, 0.15) is 56.0 Å². The van der Waals surface area contributed by atoms with Gasteiger partial charge < -0.3 is 25.6 Å². The number of anilines is 3. The average molecular weight is 570 g/mol. The predicted octanol–water partition coefficient (Wildman–Crippen LogP) is 5.70. The minimum Gasteiger partial charge on any atom is -0.493 e. The number of hydrogen-bond donors (Lipinski definition) is 4. The molecular formula is C33H39N5O4. The number of hydrogen-bond acceptors (Lipinski definition) is 6. The van der Waals surface area contributed by atoms with Crippen LogP contribution in [0.5, 0.6) is 5.75 Å². The molecule has 0 unspecified atom stereocenters. The van der Waals surface area contributed by atoms with Crippen molar-refractivity contribution in [3.63, 3.8) is 0 Å². The molecule has 1 aliphatic heterocycles. The Labute approximate surface area is 247 Å². The van der Waals surface area contributed by atoms with E-state index in [2.05, 4.69) is 36.7 Å². The standard InChI is InChI=1S/C33H39N5O4/c1-33(2,3)15-17-42-28-20-24(38-16-7-10-29(38)39)12-13-25(28)21-11-14-27(35-4)26(19-21)30(34)32(41)37-23-9-6-8-22(18-23)31(40)36-5/h6,8-9,11-14,18-20,34-35H,7,10,15-17H2,1-5H3,(H,36,40)(H,37,41). The fourth-order valence-electron chi connectivity index (χ4n) is 4.76. The predicted molar refractivity (Wildman–Crippen MR) is 168 cm³/mol. The highest BCUT2D eigenvalue weighted by molar-refractivity contribution is 6.48. The summed E-state index contributed by atoms with van der Waals surface area (Å²) in [6, 6.07) is 17.8. The Hall–Kier alpha value is -4.66. The van der Waals surface area contributed by atoms with Gasteiger partial charge in [-0.1, -0.05) is 32.9 Å². The highest BCUT2D eigenvalue weighted by Gasteiger charge is 2.24. The van der Waals surface area contributed by atoms with Crippen LogP contribution >= 0.6 is 0 Å². The third kappa shape index (κ3) is 7.15. The summed E-state index contributed by atoms with van der Waals surface area (Å²) in [4.78, 5) is 39.4. The van der Waals surface area contributed by atoms with Gasteiger partial charge in [-0.25, -0.2) is 0 Å². The van der Waals surface area contributed by atoms with Crippen LogP contribution in [0.4, 0.5) is 17.1 Å². The maximum absolute atomic E-state index is 13.2. The molecule has 0 aromatic heterocycles. The van der Waals surface area contributed by atoms with Crippen LogP contribution in [-0.4, -0.2) is 50.7 Å². The lowest BCUT2D eigenvalue weighted by molar-refractivity contribution is -0.117. The van der Waals surface area contributed by atoms with E-state index in [1.165, 1.54) is 7.05 Å². The van der Waals surface area contributed by atoms with Crippen molar-refractivity contribution < 1.29 is 19.1 Å². The quantitative estimate of drug-likeness (QED) is 0.233. The van der Waals surface area contributed by atoms with E-state index in [-0.39, 0.29) is 22.9 Å². The van der Waals surface area contributed by atoms with Crippen LogP contribution in [0.2, 0.25) is 0 Å². The first kappa shape index (κ1) is 30.3. The van der Waals surface area contributed by atoms with Crippen molar-refractivity contribution in [2.75, 3.05) is 42.8 Å². The Morgan fingerprint density at radius 3 is 2.48 bits per heavy atom. The molecule has 42 heavy (non-hydrogen) atoms. The number of amides is 3. The molecule has 1 fully saturated rings. The summed E-state index contributed by atoms with van der Waals surface area (Å²) < 4.78 is 6.31. The van der Waals surface area contributed by atoms with E-state index in [1.807, 2.05) is 30.3 Å². The van der Waals surface area contributed by atoms with Crippen LogP contribution in [0.15, 0.2) is 60.7 Å². The molecular weight excluding hydrogens is 530 g/mol.